The molecule has 9 heteroatoms. The molecule has 0 aromatic carbocycles. The lowest BCUT2D eigenvalue weighted by Crippen LogP contribution is -2.48. The second kappa shape index (κ2) is 6.66. The molecule has 0 aliphatic carbocycles. The summed E-state index contributed by atoms with van der Waals surface area (Å²) < 4.78 is 29.0. The molecule has 0 radical (unpaired) electrons. The van der Waals surface area contributed by atoms with Crippen LogP contribution in [-0.4, -0.2) is 48.3 Å². The number of carbonyl (C=O) groups excluding carboxylic acids is 2. The molecule has 0 saturated carbocycles. The van der Waals surface area contributed by atoms with Crippen LogP contribution in [0.3, 0.4) is 0 Å². The number of sulfone groups is 1. The molecule has 0 unspecified atom stereocenters. The van der Waals surface area contributed by atoms with Crippen molar-refractivity contribution in [1.29, 1.82) is 0 Å². The van der Waals surface area contributed by atoms with Crippen LogP contribution in [0, 0.1) is 0 Å². The van der Waals surface area contributed by atoms with Gasteiger partial charge in [-0.3, -0.25) is 9.59 Å². The maximum Gasteiger partial charge on any atom is 0.327 e. The highest BCUT2D eigenvalue weighted by molar-refractivity contribution is 9.11. The molecule has 1 aliphatic heterocycles. The Morgan fingerprint density at radius 2 is 1.96 bits per heavy atom. The molecule has 2 heterocycles. The number of amides is 1. The third kappa shape index (κ3) is 4.25. The molecular formula is C16H22BrNO5S2. The van der Waals surface area contributed by atoms with Crippen molar-refractivity contribution < 1.29 is 22.7 Å². The first kappa shape index (κ1) is 20.4. The number of hydrogen-bond acceptors (Lipinski definition) is 6. The highest BCUT2D eigenvalue weighted by Gasteiger charge is 2.47. The minimum atomic E-state index is -3.72. The number of halogens is 1. The highest BCUT2D eigenvalue weighted by Crippen LogP contribution is 2.35. The fraction of sp³-hybridized carbons (Fsp3) is 0.625. The van der Waals surface area contributed by atoms with Crippen LogP contribution in [0.2, 0.25) is 0 Å². The molecule has 6 nitrogen and oxygen atoms in total. The fourth-order valence-corrected chi connectivity index (χ4v) is 4.90. The zero-order valence-corrected chi connectivity index (χ0v) is 18.1. The number of nitrogens with zero attached hydrogens (tertiary/aromatic N) is 1. The third-order valence-corrected chi connectivity index (χ3v) is 7.81. The summed E-state index contributed by atoms with van der Waals surface area (Å²) in [5.74, 6) is -0.919. The smallest absolute Gasteiger partial charge is 0.327 e. The lowest BCUT2D eigenvalue weighted by molar-refractivity contribution is -0.158. The average Bonchev–Trinajstić information content (AvgIpc) is 2.91. The summed E-state index contributed by atoms with van der Waals surface area (Å²) >= 11 is 4.71. The van der Waals surface area contributed by atoms with Crippen LogP contribution in [-0.2, 0) is 25.9 Å². The van der Waals surface area contributed by atoms with E-state index in [9.17, 15) is 18.0 Å². The molecule has 1 amide bonds. The molecule has 0 spiro atoms. The average molecular weight is 452 g/mol. The van der Waals surface area contributed by atoms with Crippen molar-refractivity contribution >= 4 is 49.0 Å². The molecule has 140 valence electrons. The summed E-state index contributed by atoms with van der Waals surface area (Å²) in [6.07, 6.45) is 1.01. The van der Waals surface area contributed by atoms with Crippen LogP contribution in [0.1, 0.15) is 49.4 Å². The molecule has 0 saturated heterocycles. The Hall–Kier alpha value is -0.930. The van der Waals surface area contributed by atoms with Gasteiger partial charge >= 0.3 is 5.97 Å². The summed E-state index contributed by atoms with van der Waals surface area (Å²) in [6.45, 7) is 7.02. The molecule has 1 aliphatic rings. The van der Waals surface area contributed by atoms with Gasteiger partial charge in [0.25, 0.3) is 5.91 Å². The van der Waals surface area contributed by atoms with Crippen molar-refractivity contribution in [2.75, 3.05) is 12.8 Å². The number of carbonyl (C=O) groups is 2. The van der Waals surface area contributed by atoms with Crippen molar-refractivity contribution in [2.45, 2.75) is 51.0 Å². The Morgan fingerprint density at radius 3 is 2.44 bits per heavy atom. The highest BCUT2D eigenvalue weighted by atomic mass is 79.9. The molecule has 1 atom stereocenters. The largest absolute Gasteiger partial charge is 0.459 e. The Kier molecular flexibility index (Phi) is 5.43. The first-order chi connectivity index (χ1) is 11.2. The van der Waals surface area contributed by atoms with Gasteiger partial charge in [0.05, 0.1) is 8.66 Å². The first-order valence-electron chi connectivity index (χ1n) is 7.75. The van der Waals surface area contributed by atoms with Crippen molar-refractivity contribution in [3.05, 3.63) is 20.3 Å². The molecular weight excluding hydrogens is 430 g/mol. The van der Waals surface area contributed by atoms with E-state index >= 15 is 0 Å². The van der Waals surface area contributed by atoms with Gasteiger partial charge in [-0.05, 0) is 61.7 Å². The quantitative estimate of drug-likeness (QED) is 0.642. The van der Waals surface area contributed by atoms with Gasteiger partial charge in [0.15, 0.2) is 14.6 Å². The summed E-state index contributed by atoms with van der Waals surface area (Å²) in [4.78, 5) is 27.2. The van der Waals surface area contributed by atoms with Crippen molar-refractivity contribution in [1.82, 2.24) is 4.90 Å². The molecule has 0 N–H and O–H groups in total. The van der Waals surface area contributed by atoms with E-state index in [1.165, 1.54) is 18.3 Å². The minimum absolute atomic E-state index is 0.0113. The number of fused-ring (bicyclic) bond motifs is 1. The maximum atomic E-state index is 12.5. The third-order valence-electron chi connectivity index (χ3n) is 4.13. The minimum Gasteiger partial charge on any atom is -0.459 e. The van der Waals surface area contributed by atoms with Crippen LogP contribution >= 0.6 is 27.3 Å². The Balaban J connectivity index is 2.16. The SMILES string of the molecule is CC(C)(C)OC(=O)[C@@](C)(CCN1Cc2cc(Br)sc2C1=O)S(C)(=O)=O. The standard InChI is InChI=1S/C16H22BrNO5S2/c1-15(2,3)23-14(20)16(4,25(5,21)22)6-7-18-9-10-8-11(17)24-12(10)13(18)19/h8H,6-7,9H2,1-5H3/t16-/m1/s1. The van der Waals surface area contributed by atoms with Gasteiger partial charge in [0, 0.05) is 19.3 Å². The van der Waals surface area contributed by atoms with Gasteiger partial charge < -0.3 is 9.64 Å². The Morgan fingerprint density at radius 1 is 1.36 bits per heavy atom. The van der Waals surface area contributed by atoms with E-state index in [4.69, 9.17) is 4.74 Å². The van der Waals surface area contributed by atoms with Crippen LogP contribution in [0.5, 0.6) is 0 Å². The zero-order valence-electron chi connectivity index (χ0n) is 14.9. The lowest BCUT2D eigenvalue weighted by Gasteiger charge is -2.31. The van der Waals surface area contributed by atoms with Gasteiger partial charge in [0.1, 0.15) is 5.60 Å². The van der Waals surface area contributed by atoms with E-state index in [-0.39, 0.29) is 18.9 Å². The summed E-state index contributed by atoms with van der Waals surface area (Å²) in [5, 5.41) is 0. The topological polar surface area (TPSA) is 80.8 Å². The van der Waals surface area contributed by atoms with E-state index in [2.05, 4.69) is 15.9 Å². The molecule has 1 aromatic heterocycles. The fourth-order valence-electron chi connectivity index (χ4n) is 2.47. The van der Waals surface area contributed by atoms with Gasteiger partial charge in [-0.15, -0.1) is 11.3 Å². The van der Waals surface area contributed by atoms with Crippen LogP contribution < -0.4 is 0 Å². The van der Waals surface area contributed by atoms with Gasteiger partial charge in [-0.1, -0.05) is 0 Å². The van der Waals surface area contributed by atoms with Crippen molar-refractivity contribution in [3.8, 4) is 0 Å². The Bertz CT molecular complexity index is 809. The number of ether oxygens (including phenoxy) is 1. The Labute approximate surface area is 160 Å². The first-order valence-corrected chi connectivity index (χ1v) is 11.3. The number of hydrogen-bond donors (Lipinski definition) is 0. The van der Waals surface area contributed by atoms with E-state index in [1.54, 1.807) is 25.7 Å². The van der Waals surface area contributed by atoms with Crippen LogP contribution in [0.15, 0.2) is 9.85 Å². The van der Waals surface area contributed by atoms with E-state index in [0.717, 1.165) is 15.6 Å². The van der Waals surface area contributed by atoms with E-state index < -0.39 is 26.2 Å². The lowest BCUT2D eigenvalue weighted by atomic mass is 10.1. The molecule has 0 fully saturated rings. The second-order valence-electron chi connectivity index (χ2n) is 7.39. The normalized spacial score (nSPS) is 17.4. The van der Waals surface area contributed by atoms with Gasteiger partial charge in [-0.2, -0.15) is 0 Å². The van der Waals surface area contributed by atoms with Crippen molar-refractivity contribution in [2.24, 2.45) is 0 Å². The monoisotopic (exact) mass is 451 g/mol. The predicted molar refractivity (Wildman–Crippen MR) is 100 cm³/mol. The van der Waals surface area contributed by atoms with Crippen LogP contribution in [0.25, 0.3) is 0 Å². The zero-order chi connectivity index (χ0) is 19.2. The number of esters is 1. The van der Waals surface area contributed by atoms with Gasteiger partial charge in [0.2, 0.25) is 0 Å². The number of rotatable bonds is 5. The van der Waals surface area contributed by atoms with Gasteiger partial charge in [-0.25, -0.2) is 8.42 Å². The summed E-state index contributed by atoms with van der Waals surface area (Å²) in [6, 6.07) is 1.89. The van der Waals surface area contributed by atoms with Crippen molar-refractivity contribution in [3.63, 3.8) is 0 Å². The van der Waals surface area contributed by atoms with E-state index in [0.29, 0.717) is 11.4 Å². The molecule has 25 heavy (non-hydrogen) atoms. The molecule has 0 bridgehead atoms. The maximum absolute atomic E-state index is 12.5. The molecule has 2 rings (SSSR count). The van der Waals surface area contributed by atoms with Crippen LogP contribution in [0.4, 0.5) is 0 Å². The second-order valence-corrected chi connectivity index (χ2v) is 12.3. The number of thiophene rings is 1. The summed E-state index contributed by atoms with van der Waals surface area (Å²) in [7, 11) is -3.72. The van der Waals surface area contributed by atoms with E-state index in [1.807, 2.05) is 6.07 Å². The predicted octanol–water partition coefficient (Wildman–Crippen LogP) is 3.00. The molecule has 1 aromatic rings. The summed E-state index contributed by atoms with van der Waals surface area (Å²) in [5.41, 5.74) is 0.128.